The Morgan fingerprint density at radius 2 is 1.82 bits per heavy atom. The Labute approximate surface area is 170 Å². The molecule has 2 saturated heterocycles. The largest absolute Gasteiger partial charge is 0.396 e. The number of piperidine rings is 1. The van der Waals surface area contributed by atoms with Gasteiger partial charge in [0.1, 0.15) is 0 Å². The number of likely N-dealkylation sites (tertiary alicyclic amines) is 2. The van der Waals surface area contributed by atoms with Gasteiger partial charge in [-0.05, 0) is 50.4 Å². The van der Waals surface area contributed by atoms with Gasteiger partial charge in [-0.1, -0.05) is 6.92 Å². The highest BCUT2D eigenvalue weighted by Gasteiger charge is 2.53. The monoisotopic (exact) mass is 405 g/mol. The van der Waals surface area contributed by atoms with Crippen LogP contribution in [-0.4, -0.2) is 64.5 Å². The highest BCUT2D eigenvalue weighted by molar-refractivity contribution is 7.09. The number of aliphatic hydroxyl groups excluding tert-OH is 1. The molecule has 28 heavy (non-hydrogen) atoms. The number of hydrogen-bond donors (Lipinski definition) is 1. The molecule has 3 aliphatic rings. The van der Waals surface area contributed by atoms with Crippen molar-refractivity contribution in [2.45, 2.75) is 58.3 Å². The number of rotatable bonds is 6. The van der Waals surface area contributed by atoms with Crippen LogP contribution in [0.4, 0.5) is 0 Å². The molecule has 0 bridgehead atoms. The third-order valence-electron chi connectivity index (χ3n) is 7.03. The van der Waals surface area contributed by atoms with Gasteiger partial charge in [0.15, 0.2) is 0 Å². The van der Waals surface area contributed by atoms with Crippen molar-refractivity contribution in [1.29, 1.82) is 0 Å². The fraction of sp³-hybridized carbons (Fsp3) is 0.762. The molecule has 154 valence electrons. The van der Waals surface area contributed by atoms with Crippen LogP contribution in [0.3, 0.4) is 0 Å². The maximum Gasteiger partial charge on any atom is 0.228 e. The molecule has 0 unspecified atom stereocenters. The Hall–Kier alpha value is -1.47. The molecule has 2 amide bonds. The van der Waals surface area contributed by atoms with Crippen molar-refractivity contribution in [3.05, 3.63) is 16.1 Å². The molecule has 1 aliphatic carbocycles. The highest BCUT2D eigenvalue weighted by atomic mass is 32.1. The molecule has 7 heteroatoms. The molecule has 1 aromatic heterocycles. The SMILES string of the molecule is CCc1nc(CC(=O)N2CCC3(CC2)CCN(C(=O)C2(CCO)CC2)C3)cs1. The van der Waals surface area contributed by atoms with E-state index in [0.717, 1.165) is 75.4 Å². The van der Waals surface area contributed by atoms with E-state index in [1.165, 1.54) is 0 Å². The van der Waals surface area contributed by atoms with Gasteiger partial charge in [-0.15, -0.1) is 11.3 Å². The normalized spacial score (nSPS) is 22.6. The minimum Gasteiger partial charge on any atom is -0.396 e. The molecule has 1 spiro atoms. The van der Waals surface area contributed by atoms with Crippen molar-refractivity contribution < 1.29 is 14.7 Å². The van der Waals surface area contributed by atoms with Crippen LogP contribution in [0.15, 0.2) is 5.38 Å². The van der Waals surface area contributed by atoms with Gasteiger partial charge in [0.05, 0.1) is 22.5 Å². The van der Waals surface area contributed by atoms with Gasteiger partial charge < -0.3 is 14.9 Å². The van der Waals surface area contributed by atoms with Crippen molar-refractivity contribution in [2.75, 3.05) is 32.8 Å². The van der Waals surface area contributed by atoms with Crippen molar-refractivity contribution in [1.82, 2.24) is 14.8 Å². The molecule has 0 radical (unpaired) electrons. The molecule has 4 rings (SSSR count). The van der Waals surface area contributed by atoms with E-state index in [2.05, 4.69) is 11.9 Å². The van der Waals surface area contributed by atoms with E-state index in [-0.39, 0.29) is 29.3 Å². The predicted octanol–water partition coefficient (Wildman–Crippen LogP) is 2.25. The smallest absolute Gasteiger partial charge is 0.228 e. The summed E-state index contributed by atoms with van der Waals surface area (Å²) < 4.78 is 0. The Kier molecular flexibility index (Phi) is 5.49. The number of nitrogens with zero attached hydrogens (tertiary/aromatic N) is 3. The first-order chi connectivity index (χ1) is 13.5. The van der Waals surface area contributed by atoms with Gasteiger partial charge in [-0.25, -0.2) is 4.98 Å². The lowest BCUT2D eigenvalue weighted by atomic mass is 9.77. The summed E-state index contributed by atoms with van der Waals surface area (Å²) in [6.45, 7) is 5.41. The molecule has 1 aromatic rings. The van der Waals surface area contributed by atoms with E-state index in [1.54, 1.807) is 11.3 Å². The number of amides is 2. The molecular weight excluding hydrogens is 374 g/mol. The van der Waals surface area contributed by atoms with Crippen LogP contribution >= 0.6 is 11.3 Å². The fourth-order valence-electron chi connectivity index (χ4n) is 4.88. The lowest BCUT2D eigenvalue weighted by Gasteiger charge is -2.39. The van der Waals surface area contributed by atoms with Crippen LogP contribution < -0.4 is 0 Å². The molecule has 1 saturated carbocycles. The Bertz CT molecular complexity index is 735. The summed E-state index contributed by atoms with van der Waals surface area (Å²) in [6, 6.07) is 0. The lowest BCUT2D eigenvalue weighted by Crippen LogP contribution is -2.45. The maximum atomic E-state index is 12.9. The number of thiazole rings is 1. The first-order valence-electron chi connectivity index (χ1n) is 10.6. The average molecular weight is 406 g/mol. The summed E-state index contributed by atoms with van der Waals surface area (Å²) in [5.41, 5.74) is 0.808. The fourth-order valence-corrected chi connectivity index (χ4v) is 5.62. The number of carbonyl (C=O) groups excluding carboxylic acids is 2. The van der Waals surface area contributed by atoms with Gasteiger partial charge in [0, 0.05) is 38.2 Å². The first-order valence-corrected chi connectivity index (χ1v) is 11.5. The van der Waals surface area contributed by atoms with E-state index >= 15 is 0 Å². The second-order valence-corrected chi connectivity index (χ2v) is 9.82. The van der Waals surface area contributed by atoms with Gasteiger partial charge in [0.25, 0.3) is 0 Å². The number of aryl methyl sites for hydroxylation is 1. The molecule has 3 heterocycles. The van der Waals surface area contributed by atoms with E-state index in [9.17, 15) is 14.7 Å². The zero-order valence-electron chi connectivity index (χ0n) is 16.8. The van der Waals surface area contributed by atoms with Crippen molar-refractivity contribution in [3.8, 4) is 0 Å². The molecular formula is C21H31N3O3S. The van der Waals surface area contributed by atoms with Crippen molar-refractivity contribution in [2.24, 2.45) is 10.8 Å². The lowest BCUT2D eigenvalue weighted by molar-refractivity contribution is -0.138. The second kappa shape index (κ2) is 7.75. The molecule has 0 aromatic carbocycles. The summed E-state index contributed by atoms with van der Waals surface area (Å²) in [7, 11) is 0. The standard InChI is InChI=1S/C21H31N3O3S/c1-2-17-22-16(14-28-17)13-18(26)23-9-5-20(6-10-23)7-11-24(15-20)19(27)21(3-4-21)8-12-25/h14,25H,2-13,15H2,1H3. The van der Waals surface area contributed by atoms with Crippen LogP contribution in [0.1, 0.15) is 56.2 Å². The zero-order chi connectivity index (χ0) is 19.8. The summed E-state index contributed by atoms with van der Waals surface area (Å²) in [4.78, 5) is 34.1. The van der Waals surface area contributed by atoms with E-state index in [1.807, 2.05) is 15.2 Å². The topological polar surface area (TPSA) is 73.7 Å². The first kappa shape index (κ1) is 19.8. The van der Waals surface area contributed by atoms with E-state index in [4.69, 9.17) is 0 Å². The highest BCUT2D eigenvalue weighted by Crippen LogP contribution is 2.52. The minimum atomic E-state index is -0.262. The van der Waals surface area contributed by atoms with Gasteiger partial charge in [-0.3, -0.25) is 9.59 Å². The van der Waals surface area contributed by atoms with Gasteiger partial charge >= 0.3 is 0 Å². The molecule has 1 N–H and O–H groups in total. The van der Waals surface area contributed by atoms with Gasteiger partial charge in [0.2, 0.25) is 11.8 Å². The van der Waals surface area contributed by atoms with Crippen molar-refractivity contribution >= 4 is 23.2 Å². The number of aliphatic hydroxyl groups is 1. The maximum absolute atomic E-state index is 12.9. The number of carbonyl (C=O) groups is 2. The summed E-state index contributed by atoms with van der Waals surface area (Å²) in [5, 5.41) is 12.4. The number of aromatic nitrogens is 1. The average Bonchev–Trinajstić information content (AvgIpc) is 3.16. The van der Waals surface area contributed by atoms with Crippen LogP contribution in [0.2, 0.25) is 0 Å². The second-order valence-electron chi connectivity index (χ2n) is 8.87. The molecule has 2 aliphatic heterocycles. The van der Waals surface area contributed by atoms with Crippen LogP contribution in [0.5, 0.6) is 0 Å². The third-order valence-corrected chi connectivity index (χ3v) is 8.08. The quantitative estimate of drug-likeness (QED) is 0.788. The van der Waals surface area contributed by atoms with Crippen LogP contribution in [-0.2, 0) is 22.4 Å². The Balaban J connectivity index is 1.29. The minimum absolute atomic E-state index is 0.0977. The van der Waals surface area contributed by atoms with Crippen LogP contribution in [0, 0.1) is 10.8 Å². The van der Waals surface area contributed by atoms with Gasteiger partial charge in [-0.2, -0.15) is 0 Å². The zero-order valence-corrected chi connectivity index (χ0v) is 17.6. The summed E-state index contributed by atoms with van der Waals surface area (Å²) >= 11 is 1.63. The molecule has 0 atom stereocenters. The predicted molar refractivity (Wildman–Crippen MR) is 108 cm³/mol. The molecule has 3 fully saturated rings. The van der Waals surface area contributed by atoms with E-state index < -0.39 is 0 Å². The van der Waals surface area contributed by atoms with Crippen molar-refractivity contribution in [3.63, 3.8) is 0 Å². The van der Waals surface area contributed by atoms with E-state index in [0.29, 0.717) is 12.8 Å². The third kappa shape index (κ3) is 3.83. The Morgan fingerprint density at radius 3 is 2.39 bits per heavy atom. The van der Waals surface area contributed by atoms with Crippen LogP contribution in [0.25, 0.3) is 0 Å². The number of hydrogen-bond acceptors (Lipinski definition) is 5. The molecule has 6 nitrogen and oxygen atoms in total. The summed E-state index contributed by atoms with van der Waals surface area (Å²) in [5.74, 6) is 0.431. The Morgan fingerprint density at radius 1 is 1.14 bits per heavy atom. The summed E-state index contributed by atoms with van der Waals surface area (Å²) in [6.07, 6.45) is 6.77.